The van der Waals surface area contributed by atoms with Crippen LogP contribution in [0.5, 0.6) is 0 Å². The van der Waals surface area contributed by atoms with Gasteiger partial charge in [0.15, 0.2) is 0 Å². The van der Waals surface area contributed by atoms with E-state index in [4.69, 9.17) is 11.6 Å². The number of nitrogens with zero attached hydrogens (tertiary/aromatic N) is 1. The number of nitrogens with one attached hydrogen (secondary N) is 2. The van der Waals surface area contributed by atoms with Crippen molar-refractivity contribution in [3.05, 3.63) is 64.4 Å². The monoisotopic (exact) mass is 367 g/mol. The molecule has 3 rings (SSSR count). The predicted octanol–water partition coefficient (Wildman–Crippen LogP) is 4.73. The Labute approximate surface area is 146 Å². The molecule has 25 heavy (non-hydrogen) atoms. The molecule has 0 radical (unpaired) electrons. The van der Waals surface area contributed by atoms with Crippen molar-refractivity contribution in [1.29, 1.82) is 0 Å². The van der Waals surface area contributed by atoms with E-state index in [9.17, 15) is 18.0 Å². The Morgan fingerprint density at radius 1 is 1.24 bits per heavy atom. The maximum absolute atomic E-state index is 12.8. The maximum atomic E-state index is 12.8. The number of carbonyl (C=O) groups is 1. The molecule has 1 aromatic heterocycles. The largest absolute Gasteiger partial charge is 0.416 e. The van der Waals surface area contributed by atoms with Gasteiger partial charge in [0, 0.05) is 10.6 Å². The molecule has 8 heteroatoms. The molecular weight excluding hydrogens is 355 g/mol. The highest BCUT2D eigenvalue weighted by Crippen LogP contribution is 2.29. The molecule has 1 amide bonds. The Bertz CT molecular complexity index is 936. The Morgan fingerprint density at radius 3 is 2.72 bits per heavy atom. The van der Waals surface area contributed by atoms with Crippen LogP contribution in [0.4, 0.5) is 13.2 Å². The quantitative estimate of drug-likeness (QED) is 0.703. The second-order valence-corrected chi connectivity index (χ2v) is 5.99. The summed E-state index contributed by atoms with van der Waals surface area (Å²) in [4.78, 5) is 19.6. The van der Waals surface area contributed by atoms with Crippen LogP contribution in [0.1, 0.15) is 34.7 Å². The number of H-pyrrole nitrogens is 1. The van der Waals surface area contributed by atoms with Crippen molar-refractivity contribution in [1.82, 2.24) is 15.3 Å². The summed E-state index contributed by atoms with van der Waals surface area (Å²) in [5, 5.41) is 3.18. The Kier molecular flexibility index (Phi) is 4.43. The first kappa shape index (κ1) is 17.3. The van der Waals surface area contributed by atoms with E-state index in [1.54, 1.807) is 25.1 Å². The van der Waals surface area contributed by atoms with Crippen molar-refractivity contribution in [3.8, 4) is 0 Å². The molecule has 2 N–H and O–H groups in total. The topological polar surface area (TPSA) is 57.8 Å². The van der Waals surface area contributed by atoms with Gasteiger partial charge in [0.05, 0.1) is 22.6 Å². The average Bonchev–Trinajstić information content (AvgIpc) is 2.97. The number of hydrogen-bond donors (Lipinski definition) is 2. The molecule has 1 atom stereocenters. The lowest BCUT2D eigenvalue weighted by atomic mass is 10.1. The van der Waals surface area contributed by atoms with Gasteiger partial charge in [-0.25, -0.2) is 4.98 Å². The second-order valence-electron chi connectivity index (χ2n) is 5.56. The number of carbonyl (C=O) groups excluding carboxylic acids is 1. The average molecular weight is 368 g/mol. The third-order valence-corrected chi connectivity index (χ3v) is 3.91. The van der Waals surface area contributed by atoms with E-state index in [-0.39, 0.29) is 5.56 Å². The number of hydrogen-bond acceptors (Lipinski definition) is 2. The van der Waals surface area contributed by atoms with Gasteiger partial charge in [0.2, 0.25) is 0 Å². The summed E-state index contributed by atoms with van der Waals surface area (Å²) in [5.41, 5.74) is 0.453. The number of halogens is 4. The van der Waals surface area contributed by atoms with E-state index in [2.05, 4.69) is 15.3 Å². The highest BCUT2D eigenvalue weighted by Gasteiger charge is 2.31. The number of alkyl halides is 3. The van der Waals surface area contributed by atoms with E-state index in [1.165, 1.54) is 12.1 Å². The zero-order valence-corrected chi connectivity index (χ0v) is 13.7. The molecular formula is C17H13ClF3N3O. The Balaban J connectivity index is 1.80. The summed E-state index contributed by atoms with van der Waals surface area (Å²) in [6.45, 7) is 1.69. The normalized spacial score (nSPS) is 13.0. The summed E-state index contributed by atoms with van der Waals surface area (Å²) in [5.74, 6) is -0.130. The van der Waals surface area contributed by atoms with Gasteiger partial charge in [-0.2, -0.15) is 13.2 Å². The van der Waals surface area contributed by atoms with Crippen LogP contribution in [-0.4, -0.2) is 15.9 Å². The highest BCUT2D eigenvalue weighted by molar-refractivity contribution is 6.31. The van der Waals surface area contributed by atoms with Crippen molar-refractivity contribution < 1.29 is 18.0 Å². The molecule has 2 aromatic carbocycles. The molecule has 130 valence electrons. The van der Waals surface area contributed by atoms with Crippen molar-refractivity contribution in [2.45, 2.75) is 19.1 Å². The highest BCUT2D eigenvalue weighted by atomic mass is 35.5. The van der Waals surface area contributed by atoms with E-state index in [0.717, 1.165) is 12.1 Å². The van der Waals surface area contributed by atoms with Gasteiger partial charge < -0.3 is 10.3 Å². The number of imidazole rings is 1. The van der Waals surface area contributed by atoms with Crippen molar-refractivity contribution in [2.24, 2.45) is 0 Å². The molecule has 0 unspecified atom stereocenters. The minimum atomic E-state index is -4.50. The molecule has 0 aliphatic carbocycles. The van der Waals surface area contributed by atoms with Gasteiger partial charge in [-0.3, -0.25) is 4.79 Å². The molecule has 0 spiro atoms. The third-order valence-electron chi connectivity index (χ3n) is 3.67. The van der Waals surface area contributed by atoms with E-state index in [1.807, 2.05) is 0 Å². The minimum absolute atomic E-state index is 0.0687. The number of aromatic nitrogens is 2. The summed E-state index contributed by atoms with van der Waals surface area (Å²) >= 11 is 5.91. The molecule has 0 bridgehead atoms. The fourth-order valence-electron chi connectivity index (χ4n) is 2.39. The van der Waals surface area contributed by atoms with Crippen LogP contribution in [-0.2, 0) is 6.18 Å². The molecule has 4 nitrogen and oxygen atoms in total. The first-order chi connectivity index (χ1) is 11.7. The van der Waals surface area contributed by atoms with Crippen LogP contribution in [0, 0.1) is 0 Å². The standard InChI is InChI=1S/C17H13ClF3N3O/c1-9(15-23-13-6-5-12(18)8-14(13)24-15)22-16(25)10-3-2-4-11(7-10)17(19,20)21/h2-9H,1H3,(H,22,25)(H,23,24)/t9-/m0/s1. The zero-order valence-electron chi connectivity index (χ0n) is 13.0. The number of aromatic amines is 1. The van der Waals surface area contributed by atoms with E-state index in [0.29, 0.717) is 21.9 Å². The fourth-order valence-corrected chi connectivity index (χ4v) is 2.56. The lowest BCUT2D eigenvalue weighted by Crippen LogP contribution is -2.27. The zero-order chi connectivity index (χ0) is 18.2. The molecule has 1 heterocycles. The maximum Gasteiger partial charge on any atom is 0.416 e. The first-order valence-electron chi connectivity index (χ1n) is 7.37. The molecule has 3 aromatic rings. The van der Waals surface area contributed by atoms with E-state index >= 15 is 0 Å². The number of fused-ring (bicyclic) bond motifs is 1. The van der Waals surface area contributed by atoms with Crippen LogP contribution in [0.15, 0.2) is 42.5 Å². The Hall–Kier alpha value is -2.54. The van der Waals surface area contributed by atoms with Crippen LogP contribution >= 0.6 is 11.6 Å². The lowest BCUT2D eigenvalue weighted by molar-refractivity contribution is -0.137. The van der Waals surface area contributed by atoms with Gasteiger partial charge in [0.1, 0.15) is 5.82 Å². The second kappa shape index (κ2) is 6.40. The molecule has 0 aliphatic heterocycles. The molecule has 0 saturated carbocycles. The number of benzene rings is 2. The van der Waals surface area contributed by atoms with Gasteiger partial charge in [-0.1, -0.05) is 17.7 Å². The van der Waals surface area contributed by atoms with Gasteiger partial charge in [-0.15, -0.1) is 0 Å². The van der Waals surface area contributed by atoms with Crippen molar-refractivity contribution in [3.63, 3.8) is 0 Å². The SMILES string of the molecule is C[C@H](NC(=O)c1cccc(C(F)(F)F)c1)c1nc2ccc(Cl)cc2[nH]1. The molecule has 0 saturated heterocycles. The van der Waals surface area contributed by atoms with Crippen LogP contribution < -0.4 is 5.32 Å². The number of amides is 1. The predicted molar refractivity (Wildman–Crippen MR) is 88.4 cm³/mol. The van der Waals surface area contributed by atoms with Gasteiger partial charge in [-0.05, 0) is 43.3 Å². The van der Waals surface area contributed by atoms with E-state index < -0.39 is 23.7 Å². The fraction of sp³-hybridized carbons (Fsp3) is 0.176. The molecule has 0 fully saturated rings. The van der Waals surface area contributed by atoms with Crippen LogP contribution in [0.3, 0.4) is 0 Å². The Morgan fingerprint density at radius 2 is 2.00 bits per heavy atom. The summed E-state index contributed by atoms with van der Waals surface area (Å²) in [6, 6.07) is 8.88. The molecule has 0 aliphatic rings. The van der Waals surface area contributed by atoms with Gasteiger partial charge >= 0.3 is 6.18 Å². The summed E-state index contributed by atoms with van der Waals surface area (Å²) in [6.07, 6.45) is -4.50. The first-order valence-corrected chi connectivity index (χ1v) is 7.75. The smallest absolute Gasteiger partial charge is 0.342 e. The van der Waals surface area contributed by atoms with Gasteiger partial charge in [0.25, 0.3) is 5.91 Å². The third kappa shape index (κ3) is 3.76. The van der Waals surface area contributed by atoms with Crippen LogP contribution in [0.25, 0.3) is 11.0 Å². The summed E-state index contributed by atoms with van der Waals surface area (Å²) < 4.78 is 38.3. The minimum Gasteiger partial charge on any atom is -0.342 e. The number of rotatable bonds is 3. The lowest BCUT2D eigenvalue weighted by Gasteiger charge is -2.13. The van der Waals surface area contributed by atoms with Crippen LogP contribution in [0.2, 0.25) is 5.02 Å². The van der Waals surface area contributed by atoms with Crippen molar-refractivity contribution >= 4 is 28.5 Å². The summed E-state index contributed by atoms with van der Waals surface area (Å²) in [7, 11) is 0. The van der Waals surface area contributed by atoms with Crippen molar-refractivity contribution in [2.75, 3.05) is 0 Å².